The lowest BCUT2D eigenvalue weighted by molar-refractivity contribution is 1.25. The number of hydrogen-bond acceptors (Lipinski definition) is 1. The Kier molecular flexibility index (Phi) is 7.92. The minimum Gasteiger partial charge on any atom is -0.359 e. The van der Waals surface area contributed by atoms with E-state index in [0.717, 1.165) is 11.4 Å². The van der Waals surface area contributed by atoms with Crippen molar-refractivity contribution in [3.8, 4) is 0 Å². The molecule has 2 heteroatoms. The molecule has 1 nitrogen and oxygen atoms in total. The van der Waals surface area contributed by atoms with Gasteiger partial charge in [-0.25, -0.2) is 0 Å². The molecular formula is C13H23NS. The van der Waals surface area contributed by atoms with Crippen molar-refractivity contribution < 1.29 is 1.43 Å². The van der Waals surface area contributed by atoms with Gasteiger partial charge in [0.1, 0.15) is 0 Å². The molecule has 0 aliphatic heterocycles. The average Bonchev–Trinajstić information content (AvgIpc) is 2.62. The Balaban J connectivity index is 0. The summed E-state index contributed by atoms with van der Waals surface area (Å²) < 4.78 is 0. The lowest BCUT2D eigenvalue weighted by atomic mass is 10.2. The van der Waals surface area contributed by atoms with Gasteiger partial charge in [0.25, 0.3) is 0 Å². The summed E-state index contributed by atoms with van der Waals surface area (Å²) in [5.41, 5.74) is 3.51. The standard InChI is InChI=1S/C11H15NS.C2H6.H2/c1-4-10-8-9(2)12-11(10)6-5-7-13-3;1-2;/h4-6,8,12H,1,7H2,2-3H3;1-2H3;1H/b6-5-;;. The Morgan fingerprint density at radius 3 is 2.73 bits per heavy atom. The topological polar surface area (TPSA) is 15.8 Å². The van der Waals surface area contributed by atoms with E-state index in [0.29, 0.717) is 0 Å². The van der Waals surface area contributed by atoms with Gasteiger partial charge in [0.2, 0.25) is 0 Å². The first-order valence-corrected chi connectivity index (χ1v) is 6.65. The maximum atomic E-state index is 3.77. The van der Waals surface area contributed by atoms with Crippen LogP contribution in [0.3, 0.4) is 0 Å². The molecule has 1 N–H and O–H groups in total. The Morgan fingerprint density at radius 1 is 1.53 bits per heavy atom. The summed E-state index contributed by atoms with van der Waals surface area (Å²) in [7, 11) is 0. The fraction of sp³-hybridized carbons (Fsp3) is 0.385. The van der Waals surface area contributed by atoms with Crippen LogP contribution >= 0.6 is 11.8 Å². The number of aromatic nitrogens is 1. The van der Waals surface area contributed by atoms with Gasteiger partial charge < -0.3 is 4.98 Å². The Labute approximate surface area is 99.2 Å². The molecule has 1 heterocycles. The number of aromatic amines is 1. The lowest BCUT2D eigenvalue weighted by Crippen LogP contribution is -1.76. The Hall–Kier alpha value is -0.890. The fourth-order valence-electron chi connectivity index (χ4n) is 1.20. The van der Waals surface area contributed by atoms with E-state index in [2.05, 4.69) is 43.0 Å². The van der Waals surface area contributed by atoms with Crippen LogP contribution in [-0.2, 0) is 0 Å². The van der Waals surface area contributed by atoms with Gasteiger partial charge in [-0.15, -0.1) is 0 Å². The molecule has 1 rings (SSSR count). The summed E-state index contributed by atoms with van der Waals surface area (Å²) in [6, 6.07) is 2.10. The number of nitrogens with one attached hydrogen (secondary N) is 1. The number of rotatable bonds is 4. The lowest BCUT2D eigenvalue weighted by Gasteiger charge is -1.90. The number of hydrogen-bond donors (Lipinski definition) is 1. The number of thioether (sulfide) groups is 1. The fourth-order valence-corrected chi connectivity index (χ4v) is 1.49. The van der Waals surface area contributed by atoms with E-state index in [1.165, 1.54) is 11.3 Å². The van der Waals surface area contributed by atoms with E-state index in [1.807, 2.05) is 31.7 Å². The monoisotopic (exact) mass is 225 g/mol. The summed E-state index contributed by atoms with van der Waals surface area (Å²) in [5.74, 6) is 1.05. The molecule has 0 radical (unpaired) electrons. The van der Waals surface area contributed by atoms with Crippen molar-refractivity contribution in [3.63, 3.8) is 0 Å². The molecule has 15 heavy (non-hydrogen) atoms. The van der Waals surface area contributed by atoms with Gasteiger partial charge in [0.15, 0.2) is 0 Å². The molecule has 1 aromatic rings. The van der Waals surface area contributed by atoms with Crippen LogP contribution in [0.4, 0.5) is 0 Å². The highest BCUT2D eigenvalue weighted by atomic mass is 32.2. The van der Waals surface area contributed by atoms with E-state index in [-0.39, 0.29) is 1.43 Å². The molecule has 0 atom stereocenters. The van der Waals surface area contributed by atoms with Crippen molar-refractivity contribution in [2.45, 2.75) is 20.8 Å². The second-order valence-electron chi connectivity index (χ2n) is 2.88. The molecule has 0 aliphatic carbocycles. The first kappa shape index (κ1) is 14.1. The quantitative estimate of drug-likeness (QED) is 0.791. The second-order valence-corrected chi connectivity index (χ2v) is 3.79. The van der Waals surface area contributed by atoms with Crippen LogP contribution in [0.15, 0.2) is 18.7 Å². The van der Waals surface area contributed by atoms with Crippen LogP contribution < -0.4 is 0 Å². The molecule has 0 spiro atoms. The molecule has 0 fully saturated rings. The summed E-state index contributed by atoms with van der Waals surface area (Å²) >= 11 is 1.81. The molecule has 0 bridgehead atoms. The first-order valence-electron chi connectivity index (χ1n) is 5.25. The maximum Gasteiger partial charge on any atom is 0.0452 e. The van der Waals surface area contributed by atoms with Crippen molar-refractivity contribution in [3.05, 3.63) is 35.7 Å². The predicted octanol–water partition coefficient (Wildman–Crippen LogP) is 4.61. The van der Waals surface area contributed by atoms with Crippen molar-refractivity contribution >= 4 is 23.9 Å². The van der Waals surface area contributed by atoms with Crippen LogP contribution in [-0.4, -0.2) is 17.0 Å². The van der Waals surface area contributed by atoms with Crippen molar-refractivity contribution in [2.75, 3.05) is 12.0 Å². The third-order valence-corrected chi connectivity index (χ3v) is 2.31. The summed E-state index contributed by atoms with van der Waals surface area (Å²) in [6.07, 6.45) is 8.24. The van der Waals surface area contributed by atoms with Crippen LogP contribution in [0.2, 0.25) is 0 Å². The largest absolute Gasteiger partial charge is 0.359 e. The molecule has 86 valence electrons. The van der Waals surface area contributed by atoms with Gasteiger partial charge in [-0.1, -0.05) is 32.6 Å². The second kappa shape index (κ2) is 8.42. The third-order valence-electron chi connectivity index (χ3n) is 1.78. The maximum absolute atomic E-state index is 3.77. The first-order chi connectivity index (χ1) is 7.27. The van der Waals surface area contributed by atoms with Gasteiger partial charge in [-0.3, -0.25) is 0 Å². The van der Waals surface area contributed by atoms with Crippen LogP contribution in [0.25, 0.3) is 12.2 Å². The summed E-state index contributed by atoms with van der Waals surface area (Å²) in [4.78, 5) is 3.29. The Bertz CT molecular complexity index is 316. The SMILES string of the molecule is C=Cc1cc(C)[nH]c1/C=C\CSC.CC.[HH]. The smallest absolute Gasteiger partial charge is 0.0452 e. The third kappa shape index (κ3) is 4.93. The van der Waals surface area contributed by atoms with E-state index in [4.69, 9.17) is 0 Å². The van der Waals surface area contributed by atoms with Gasteiger partial charge in [0, 0.05) is 18.6 Å². The summed E-state index contributed by atoms with van der Waals surface area (Å²) in [5, 5.41) is 0. The molecule has 0 aromatic carbocycles. The van der Waals surface area contributed by atoms with Gasteiger partial charge >= 0.3 is 0 Å². The molecule has 0 saturated heterocycles. The number of H-pyrrole nitrogens is 1. The predicted molar refractivity (Wildman–Crippen MR) is 76.5 cm³/mol. The van der Waals surface area contributed by atoms with E-state index in [1.54, 1.807) is 0 Å². The van der Waals surface area contributed by atoms with E-state index < -0.39 is 0 Å². The van der Waals surface area contributed by atoms with E-state index in [9.17, 15) is 0 Å². The zero-order valence-electron chi connectivity index (χ0n) is 10.1. The molecule has 0 saturated carbocycles. The van der Waals surface area contributed by atoms with E-state index >= 15 is 0 Å². The van der Waals surface area contributed by atoms with Gasteiger partial charge in [0.05, 0.1) is 0 Å². The van der Waals surface area contributed by atoms with Crippen molar-refractivity contribution in [1.29, 1.82) is 0 Å². The minimum atomic E-state index is 0. The van der Waals surface area contributed by atoms with Crippen LogP contribution in [0.1, 0.15) is 32.2 Å². The average molecular weight is 225 g/mol. The molecule has 0 amide bonds. The minimum absolute atomic E-state index is 0. The highest BCUT2D eigenvalue weighted by molar-refractivity contribution is 7.98. The number of aryl methyl sites for hydroxylation is 1. The normalized spacial score (nSPS) is 9.87. The van der Waals surface area contributed by atoms with Crippen LogP contribution in [0, 0.1) is 6.92 Å². The zero-order chi connectivity index (χ0) is 11.7. The molecule has 0 aliphatic rings. The van der Waals surface area contributed by atoms with Gasteiger partial charge in [-0.05, 0) is 30.9 Å². The van der Waals surface area contributed by atoms with Crippen LogP contribution in [0.5, 0.6) is 0 Å². The highest BCUT2D eigenvalue weighted by Gasteiger charge is 1.97. The molecular weight excluding hydrogens is 202 g/mol. The van der Waals surface area contributed by atoms with Gasteiger partial charge in [-0.2, -0.15) is 11.8 Å². The Morgan fingerprint density at radius 2 is 2.20 bits per heavy atom. The van der Waals surface area contributed by atoms with Crippen molar-refractivity contribution in [1.82, 2.24) is 4.98 Å². The highest BCUT2D eigenvalue weighted by Crippen LogP contribution is 2.13. The molecule has 0 unspecified atom stereocenters. The van der Waals surface area contributed by atoms with Crippen molar-refractivity contribution in [2.24, 2.45) is 0 Å². The summed E-state index contributed by atoms with van der Waals surface area (Å²) in [6.45, 7) is 9.83. The zero-order valence-corrected chi connectivity index (χ0v) is 10.9. The molecule has 1 aromatic heterocycles.